The summed E-state index contributed by atoms with van der Waals surface area (Å²) in [4.78, 5) is 12.1. The fourth-order valence-electron chi connectivity index (χ4n) is 1.77. The Labute approximate surface area is 112 Å². The van der Waals surface area contributed by atoms with Crippen molar-refractivity contribution in [3.63, 3.8) is 0 Å². The average Bonchev–Trinajstić information content (AvgIpc) is 2.27. The molecule has 0 aliphatic carbocycles. The molecule has 0 saturated heterocycles. The lowest BCUT2D eigenvalue weighted by Gasteiger charge is -2.15. The van der Waals surface area contributed by atoms with Gasteiger partial charge in [-0.2, -0.15) is 0 Å². The van der Waals surface area contributed by atoms with E-state index < -0.39 is 10.8 Å². The Balaban J connectivity index is 2.80. The SMILES string of the molecule is Cc1ccc(C(=O)CS(=O)C(C)C(C)C)c(C)c1. The summed E-state index contributed by atoms with van der Waals surface area (Å²) >= 11 is 0. The number of benzene rings is 1. The second-order valence-electron chi connectivity index (χ2n) is 5.22. The number of ketones is 1. The third-order valence-electron chi connectivity index (χ3n) is 3.31. The first-order valence-electron chi connectivity index (χ1n) is 6.30. The molecule has 0 aliphatic rings. The summed E-state index contributed by atoms with van der Waals surface area (Å²) < 4.78 is 12.0. The highest BCUT2D eigenvalue weighted by atomic mass is 32.2. The Kier molecular flexibility index (Phi) is 5.27. The van der Waals surface area contributed by atoms with Crippen LogP contribution in [0.4, 0.5) is 0 Å². The van der Waals surface area contributed by atoms with Gasteiger partial charge in [0.2, 0.25) is 0 Å². The van der Waals surface area contributed by atoms with Crippen molar-refractivity contribution in [1.82, 2.24) is 0 Å². The molecular formula is C15H22O2S. The van der Waals surface area contributed by atoms with Gasteiger partial charge in [0.1, 0.15) is 0 Å². The zero-order valence-electron chi connectivity index (χ0n) is 11.8. The van der Waals surface area contributed by atoms with Crippen LogP contribution in [0.3, 0.4) is 0 Å². The molecule has 0 spiro atoms. The zero-order valence-corrected chi connectivity index (χ0v) is 12.6. The molecule has 0 bridgehead atoms. The number of rotatable bonds is 5. The molecular weight excluding hydrogens is 244 g/mol. The van der Waals surface area contributed by atoms with Gasteiger partial charge < -0.3 is 0 Å². The van der Waals surface area contributed by atoms with Crippen molar-refractivity contribution in [1.29, 1.82) is 0 Å². The van der Waals surface area contributed by atoms with Crippen molar-refractivity contribution >= 4 is 16.6 Å². The van der Waals surface area contributed by atoms with E-state index in [-0.39, 0.29) is 16.8 Å². The molecule has 1 aromatic carbocycles. The molecule has 0 heterocycles. The van der Waals surface area contributed by atoms with Crippen LogP contribution in [0.25, 0.3) is 0 Å². The van der Waals surface area contributed by atoms with Gasteiger partial charge in [-0.25, -0.2) is 0 Å². The predicted molar refractivity (Wildman–Crippen MR) is 77.6 cm³/mol. The maximum absolute atomic E-state index is 12.1. The third-order valence-corrected chi connectivity index (χ3v) is 5.23. The first kappa shape index (κ1) is 15.1. The number of aryl methyl sites for hydroxylation is 2. The van der Waals surface area contributed by atoms with Crippen LogP contribution in [0.2, 0.25) is 0 Å². The lowest BCUT2D eigenvalue weighted by atomic mass is 10.0. The monoisotopic (exact) mass is 266 g/mol. The van der Waals surface area contributed by atoms with E-state index in [0.29, 0.717) is 11.5 Å². The van der Waals surface area contributed by atoms with E-state index in [2.05, 4.69) is 0 Å². The molecule has 100 valence electrons. The van der Waals surface area contributed by atoms with E-state index in [4.69, 9.17) is 0 Å². The highest BCUT2D eigenvalue weighted by molar-refractivity contribution is 7.86. The largest absolute Gasteiger partial charge is 0.293 e. The van der Waals surface area contributed by atoms with Gasteiger partial charge in [-0.1, -0.05) is 44.5 Å². The van der Waals surface area contributed by atoms with Crippen LogP contribution in [-0.4, -0.2) is 21.0 Å². The number of hydrogen-bond acceptors (Lipinski definition) is 2. The standard InChI is InChI=1S/C15H22O2S/c1-10(2)13(5)18(17)9-15(16)14-7-6-11(3)8-12(14)4/h6-8,10,13H,9H2,1-5H3. The molecule has 0 fully saturated rings. The molecule has 1 rings (SSSR count). The van der Waals surface area contributed by atoms with Crippen LogP contribution in [0.1, 0.15) is 42.3 Å². The first-order valence-corrected chi connectivity index (χ1v) is 7.68. The maximum atomic E-state index is 12.1. The molecule has 2 atom stereocenters. The van der Waals surface area contributed by atoms with Crippen LogP contribution < -0.4 is 0 Å². The van der Waals surface area contributed by atoms with Gasteiger partial charge in [-0.05, 0) is 25.3 Å². The van der Waals surface area contributed by atoms with Gasteiger partial charge in [0.15, 0.2) is 5.78 Å². The van der Waals surface area contributed by atoms with Crippen molar-refractivity contribution in [3.8, 4) is 0 Å². The van der Waals surface area contributed by atoms with Crippen LogP contribution in [-0.2, 0) is 10.8 Å². The Hall–Kier alpha value is -0.960. The second kappa shape index (κ2) is 6.28. The zero-order chi connectivity index (χ0) is 13.9. The quantitative estimate of drug-likeness (QED) is 0.766. The molecule has 0 aromatic heterocycles. The van der Waals surface area contributed by atoms with Gasteiger partial charge in [-0.15, -0.1) is 0 Å². The molecule has 2 unspecified atom stereocenters. The molecule has 0 radical (unpaired) electrons. The fraction of sp³-hybridized carbons (Fsp3) is 0.533. The second-order valence-corrected chi connectivity index (χ2v) is 7.01. The minimum absolute atomic E-state index is 0.0154. The molecule has 0 N–H and O–H groups in total. The fourth-order valence-corrected chi connectivity index (χ4v) is 3.05. The van der Waals surface area contributed by atoms with Crippen molar-refractivity contribution in [2.24, 2.45) is 5.92 Å². The summed E-state index contributed by atoms with van der Waals surface area (Å²) in [6.45, 7) is 9.93. The summed E-state index contributed by atoms with van der Waals surface area (Å²) in [5, 5.41) is 0.0553. The molecule has 3 heteroatoms. The topological polar surface area (TPSA) is 34.1 Å². The number of Topliss-reactive ketones (excluding diaryl/α,β-unsaturated/α-hetero) is 1. The smallest absolute Gasteiger partial charge is 0.175 e. The summed E-state index contributed by atoms with van der Waals surface area (Å²) in [6.07, 6.45) is 0. The minimum atomic E-state index is -1.09. The lowest BCUT2D eigenvalue weighted by Crippen LogP contribution is -2.24. The molecule has 0 saturated carbocycles. The van der Waals surface area contributed by atoms with Crippen LogP contribution in [0.15, 0.2) is 18.2 Å². The maximum Gasteiger partial charge on any atom is 0.175 e. The van der Waals surface area contributed by atoms with E-state index in [1.807, 2.05) is 52.8 Å². The molecule has 2 nitrogen and oxygen atoms in total. The summed E-state index contributed by atoms with van der Waals surface area (Å²) in [6, 6.07) is 5.75. The highest BCUT2D eigenvalue weighted by Gasteiger charge is 2.19. The minimum Gasteiger partial charge on any atom is -0.293 e. The Morgan fingerprint density at radius 2 is 1.83 bits per heavy atom. The van der Waals surface area contributed by atoms with E-state index in [1.165, 1.54) is 0 Å². The normalized spacial score (nSPS) is 14.6. The summed E-state index contributed by atoms with van der Waals surface area (Å²) in [5.41, 5.74) is 2.81. The Morgan fingerprint density at radius 1 is 1.22 bits per heavy atom. The van der Waals surface area contributed by atoms with Gasteiger partial charge in [0.05, 0.1) is 5.75 Å². The number of carbonyl (C=O) groups is 1. The average molecular weight is 266 g/mol. The number of hydrogen-bond donors (Lipinski definition) is 0. The summed E-state index contributed by atoms with van der Waals surface area (Å²) in [5.74, 6) is 0.444. The molecule has 18 heavy (non-hydrogen) atoms. The Bertz CT molecular complexity index is 464. The van der Waals surface area contributed by atoms with Gasteiger partial charge in [0, 0.05) is 21.6 Å². The van der Waals surface area contributed by atoms with Crippen LogP contribution in [0.5, 0.6) is 0 Å². The molecule has 0 aliphatic heterocycles. The Morgan fingerprint density at radius 3 is 2.33 bits per heavy atom. The predicted octanol–water partition coefficient (Wildman–Crippen LogP) is 3.28. The van der Waals surface area contributed by atoms with Gasteiger partial charge in [-0.3, -0.25) is 9.00 Å². The molecule has 0 amide bonds. The third kappa shape index (κ3) is 3.77. The van der Waals surface area contributed by atoms with Crippen LogP contribution >= 0.6 is 0 Å². The van der Waals surface area contributed by atoms with Crippen LogP contribution in [0, 0.1) is 19.8 Å². The van der Waals surface area contributed by atoms with E-state index in [0.717, 1.165) is 11.1 Å². The highest BCUT2D eigenvalue weighted by Crippen LogP contribution is 2.14. The van der Waals surface area contributed by atoms with Crippen molar-refractivity contribution in [3.05, 3.63) is 34.9 Å². The van der Waals surface area contributed by atoms with E-state index in [1.54, 1.807) is 0 Å². The van der Waals surface area contributed by atoms with Crippen molar-refractivity contribution < 1.29 is 9.00 Å². The lowest BCUT2D eigenvalue weighted by molar-refractivity contribution is 0.102. The van der Waals surface area contributed by atoms with Gasteiger partial charge in [0.25, 0.3) is 0 Å². The first-order chi connectivity index (χ1) is 8.32. The summed E-state index contributed by atoms with van der Waals surface area (Å²) in [7, 11) is -1.09. The van der Waals surface area contributed by atoms with Crippen molar-refractivity contribution in [2.75, 3.05) is 5.75 Å². The van der Waals surface area contributed by atoms with Gasteiger partial charge >= 0.3 is 0 Å². The van der Waals surface area contributed by atoms with E-state index >= 15 is 0 Å². The van der Waals surface area contributed by atoms with Crippen molar-refractivity contribution in [2.45, 2.75) is 39.9 Å². The molecule has 1 aromatic rings. The number of carbonyl (C=O) groups excluding carboxylic acids is 1. The van der Waals surface area contributed by atoms with E-state index in [9.17, 15) is 9.00 Å².